The topological polar surface area (TPSA) is 91.5 Å². The van der Waals surface area contributed by atoms with Gasteiger partial charge in [-0.25, -0.2) is 4.79 Å². The molecule has 0 bridgehead atoms. The van der Waals surface area contributed by atoms with Crippen LogP contribution in [0, 0.1) is 0 Å². The van der Waals surface area contributed by atoms with E-state index in [1.54, 1.807) is 12.1 Å². The average Bonchev–Trinajstić information content (AvgIpc) is 2.45. The highest BCUT2D eigenvalue weighted by atomic mass is 16.5. The summed E-state index contributed by atoms with van der Waals surface area (Å²) in [7, 11) is 0. The maximum Gasteiger partial charge on any atom is 0.341 e. The van der Waals surface area contributed by atoms with E-state index in [4.69, 9.17) is 9.84 Å². The first kappa shape index (κ1) is 13.5. The molecule has 0 saturated carbocycles. The number of ether oxygens (including phenoxy) is 1. The van der Waals surface area contributed by atoms with Crippen LogP contribution in [0.1, 0.15) is 0 Å². The summed E-state index contributed by atoms with van der Waals surface area (Å²) in [6.45, 7) is -0.517. The van der Waals surface area contributed by atoms with E-state index in [1.807, 2.05) is 18.2 Å². The summed E-state index contributed by atoms with van der Waals surface area (Å²) in [5, 5.41) is 26.0. The van der Waals surface area contributed by atoms with Crippen LogP contribution in [0.25, 0.3) is 0 Å². The molecule has 2 aromatic carbocycles. The van der Waals surface area contributed by atoms with Gasteiger partial charge in [0.05, 0.1) is 5.69 Å². The van der Waals surface area contributed by atoms with Gasteiger partial charge in [-0.05, 0) is 24.3 Å². The quantitative estimate of drug-likeness (QED) is 0.817. The molecule has 2 rings (SSSR count). The highest BCUT2D eigenvalue weighted by Crippen LogP contribution is 2.32. The molecule has 0 aliphatic rings. The second-order valence-electron chi connectivity index (χ2n) is 3.87. The summed E-state index contributed by atoms with van der Waals surface area (Å²) < 4.78 is 5.05. The third kappa shape index (κ3) is 3.81. The van der Waals surface area contributed by atoms with Crippen LogP contribution < -0.4 is 4.74 Å². The van der Waals surface area contributed by atoms with Crippen molar-refractivity contribution in [1.29, 1.82) is 0 Å². The van der Waals surface area contributed by atoms with Gasteiger partial charge in [0.2, 0.25) is 0 Å². The molecule has 0 fully saturated rings. The molecule has 0 atom stereocenters. The Balaban J connectivity index is 2.22. The smallest absolute Gasteiger partial charge is 0.341 e. The fourth-order valence-corrected chi connectivity index (χ4v) is 1.45. The Morgan fingerprint density at radius 3 is 2.55 bits per heavy atom. The second-order valence-corrected chi connectivity index (χ2v) is 3.87. The summed E-state index contributed by atoms with van der Waals surface area (Å²) in [5.41, 5.74) is 0.998. The molecule has 0 unspecified atom stereocenters. The van der Waals surface area contributed by atoms with E-state index < -0.39 is 12.6 Å². The molecule has 6 nitrogen and oxygen atoms in total. The summed E-state index contributed by atoms with van der Waals surface area (Å²) in [6.07, 6.45) is 0. The molecule has 6 heteroatoms. The molecule has 0 saturated heterocycles. The van der Waals surface area contributed by atoms with Crippen LogP contribution in [0.5, 0.6) is 11.5 Å². The number of aromatic hydroxyl groups is 1. The van der Waals surface area contributed by atoms with Crippen LogP contribution in [0.4, 0.5) is 11.4 Å². The lowest BCUT2D eigenvalue weighted by Gasteiger charge is -2.06. The summed E-state index contributed by atoms with van der Waals surface area (Å²) in [6, 6.07) is 13.3. The largest absolute Gasteiger partial charge is 0.508 e. The number of carboxylic acid groups (broad SMARTS) is 1. The number of aliphatic carboxylic acids is 1. The van der Waals surface area contributed by atoms with Crippen LogP contribution in [0.2, 0.25) is 0 Å². The lowest BCUT2D eigenvalue weighted by Crippen LogP contribution is -2.09. The van der Waals surface area contributed by atoms with Crippen LogP contribution in [-0.2, 0) is 4.79 Å². The Bertz CT molecular complexity index is 626. The van der Waals surface area contributed by atoms with Crippen LogP contribution in [-0.4, -0.2) is 22.8 Å². The third-order valence-corrected chi connectivity index (χ3v) is 2.32. The number of carbonyl (C=O) groups is 1. The molecule has 0 heterocycles. The number of hydrogen-bond acceptors (Lipinski definition) is 5. The van der Waals surface area contributed by atoms with Crippen LogP contribution in [0.3, 0.4) is 0 Å². The van der Waals surface area contributed by atoms with Gasteiger partial charge in [0.1, 0.15) is 11.4 Å². The van der Waals surface area contributed by atoms with Crippen molar-refractivity contribution in [2.75, 3.05) is 6.61 Å². The Morgan fingerprint density at radius 2 is 1.85 bits per heavy atom. The fourth-order valence-electron chi connectivity index (χ4n) is 1.45. The fraction of sp³-hybridized carbons (Fsp3) is 0.0714. The zero-order valence-corrected chi connectivity index (χ0v) is 10.4. The van der Waals surface area contributed by atoms with Crippen molar-refractivity contribution in [3.8, 4) is 11.5 Å². The van der Waals surface area contributed by atoms with Crippen LogP contribution in [0.15, 0.2) is 58.8 Å². The van der Waals surface area contributed by atoms with Crippen molar-refractivity contribution in [1.82, 2.24) is 0 Å². The average molecular weight is 272 g/mol. The minimum absolute atomic E-state index is 0.0379. The lowest BCUT2D eigenvalue weighted by atomic mass is 10.3. The molecular weight excluding hydrogens is 260 g/mol. The van der Waals surface area contributed by atoms with Gasteiger partial charge in [0, 0.05) is 6.07 Å². The van der Waals surface area contributed by atoms with Gasteiger partial charge in [-0.3, -0.25) is 0 Å². The maximum atomic E-state index is 10.5. The van der Waals surface area contributed by atoms with Crippen LogP contribution >= 0.6 is 0 Å². The zero-order chi connectivity index (χ0) is 14.4. The van der Waals surface area contributed by atoms with Gasteiger partial charge >= 0.3 is 5.97 Å². The molecule has 2 N–H and O–H groups in total. The van der Waals surface area contributed by atoms with E-state index in [-0.39, 0.29) is 11.5 Å². The first-order valence-corrected chi connectivity index (χ1v) is 5.79. The molecule has 102 valence electrons. The van der Waals surface area contributed by atoms with Gasteiger partial charge in [0.25, 0.3) is 0 Å². The molecule has 0 aromatic heterocycles. The number of hydrogen-bond donors (Lipinski definition) is 2. The molecule has 2 aromatic rings. The molecule has 0 amide bonds. The molecule has 0 aliphatic heterocycles. The van der Waals surface area contributed by atoms with E-state index >= 15 is 0 Å². The van der Waals surface area contributed by atoms with E-state index in [0.717, 1.165) is 0 Å². The van der Waals surface area contributed by atoms with Gasteiger partial charge in [-0.1, -0.05) is 18.2 Å². The number of carboxylic acids is 1. The normalized spacial score (nSPS) is 10.6. The SMILES string of the molecule is O=C(O)COc1cc(O)ccc1N=Nc1ccccc1. The van der Waals surface area contributed by atoms with Gasteiger partial charge in [-0.15, -0.1) is 5.11 Å². The van der Waals surface area contributed by atoms with Crippen molar-refractivity contribution >= 4 is 17.3 Å². The second kappa shape index (κ2) is 6.33. The predicted molar refractivity (Wildman–Crippen MR) is 71.9 cm³/mol. The standard InChI is InChI=1S/C14H12N2O4/c17-11-6-7-12(13(8-11)20-9-14(18)19)16-15-10-4-2-1-3-5-10/h1-8,17H,9H2,(H,18,19). The van der Waals surface area contributed by atoms with Crippen molar-refractivity contribution < 1.29 is 19.7 Å². The van der Waals surface area contributed by atoms with Gasteiger partial charge < -0.3 is 14.9 Å². The van der Waals surface area contributed by atoms with Gasteiger partial charge in [-0.2, -0.15) is 5.11 Å². The van der Waals surface area contributed by atoms with E-state index in [2.05, 4.69) is 10.2 Å². The number of nitrogens with zero attached hydrogens (tertiary/aromatic N) is 2. The Labute approximate surface area is 115 Å². The van der Waals surface area contributed by atoms with E-state index in [0.29, 0.717) is 11.4 Å². The van der Waals surface area contributed by atoms with E-state index in [9.17, 15) is 9.90 Å². The maximum absolute atomic E-state index is 10.5. The first-order chi connectivity index (χ1) is 9.65. The van der Waals surface area contributed by atoms with Gasteiger partial charge in [0.15, 0.2) is 12.4 Å². The van der Waals surface area contributed by atoms with Crippen molar-refractivity contribution in [3.05, 3.63) is 48.5 Å². The van der Waals surface area contributed by atoms with E-state index in [1.165, 1.54) is 18.2 Å². The highest BCUT2D eigenvalue weighted by Gasteiger charge is 2.07. The number of azo groups is 1. The first-order valence-electron chi connectivity index (χ1n) is 5.79. The van der Waals surface area contributed by atoms with Crippen molar-refractivity contribution in [2.24, 2.45) is 10.2 Å². The monoisotopic (exact) mass is 272 g/mol. The third-order valence-electron chi connectivity index (χ3n) is 2.32. The van der Waals surface area contributed by atoms with Crippen molar-refractivity contribution in [3.63, 3.8) is 0 Å². The number of phenolic OH excluding ortho intramolecular Hbond substituents is 1. The zero-order valence-electron chi connectivity index (χ0n) is 10.4. The minimum atomic E-state index is -1.11. The Hall–Kier alpha value is -2.89. The molecule has 0 spiro atoms. The number of phenols is 1. The Morgan fingerprint density at radius 1 is 1.10 bits per heavy atom. The lowest BCUT2D eigenvalue weighted by molar-refractivity contribution is -0.139. The molecule has 20 heavy (non-hydrogen) atoms. The van der Waals surface area contributed by atoms with Crippen molar-refractivity contribution in [2.45, 2.75) is 0 Å². The number of benzene rings is 2. The molecular formula is C14H12N2O4. The summed E-state index contributed by atoms with van der Waals surface area (Å²) in [5.74, 6) is -0.990. The number of rotatable bonds is 5. The highest BCUT2D eigenvalue weighted by molar-refractivity contribution is 5.69. The predicted octanol–water partition coefficient (Wildman–Crippen LogP) is 3.27. The summed E-state index contributed by atoms with van der Waals surface area (Å²) in [4.78, 5) is 10.5. The Kier molecular flexibility index (Phi) is 4.28. The summed E-state index contributed by atoms with van der Waals surface area (Å²) >= 11 is 0. The minimum Gasteiger partial charge on any atom is -0.508 e. The molecule has 0 radical (unpaired) electrons. The molecule has 0 aliphatic carbocycles.